The second-order valence-corrected chi connectivity index (χ2v) is 12.7. The van der Waals surface area contributed by atoms with E-state index in [1.807, 2.05) is 67.6 Å². The van der Waals surface area contributed by atoms with E-state index < -0.39 is 12.0 Å². The SMILES string of the molecule is COC(=O)c1cn2c(n1)sc1cc(Oc3ccc(CNC(=O)Nn4cc(-c5cccc(Cl)c5O)c(C(C)(C)C)n4)cc3)ccc12. The van der Waals surface area contributed by atoms with Crippen molar-refractivity contribution in [2.45, 2.75) is 32.7 Å². The highest BCUT2D eigenvalue weighted by Crippen LogP contribution is 2.39. The lowest BCUT2D eigenvalue weighted by Gasteiger charge is -2.18. The van der Waals surface area contributed by atoms with Crippen LogP contribution < -0.4 is 15.5 Å². The molecule has 0 spiro atoms. The Morgan fingerprint density at radius 3 is 2.51 bits per heavy atom. The molecule has 2 amide bonds. The van der Waals surface area contributed by atoms with Crippen molar-refractivity contribution in [3.63, 3.8) is 0 Å². The number of methoxy groups -OCH3 is 1. The van der Waals surface area contributed by atoms with Crippen LogP contribution in [0, 0.1) is 0 Å². The molecule has 0 fully saturated rings. The fourth-order valence-electron chi connectivity index (χ4n) is 4.80. The van der Waals surface area contributed by atoms with Crippen molar-refractivity contribution < 1.29 is 24.2 Å². The predicted octanol–water partition coefficient (Wildman–Crippen LogP) is 7.10. The maximum Gasteiger partial charge on any atom is 0.358 e. The lowest BCUT2D eigenvalue weighted by atomic mass is 9.87. The monoisotopic (exact) mass is 644 g/mol. The number of amides is 2. The first kappa shape index (κ1) is 30.0. The highest BCUT2D eigenvalue weighted by molar-refractivity contribution is 7.23. The number of phenols is 1. The molecule has 6 rings (SSSR count). The highest BCUT2D eigenvalue weighted by atomic mass is 35.5. The molecule has 45 heavy (non-hydrogen) atoms. The molecule has 0 aliphatic heterocycles. The molecule has 0 saturated carbocycles. The number of ether oxygens (including phenoxy) is 2. The molecule has 0 saturated heterocycles. The molecule has 6 aromatic rings. The van der Waals surface area contributed by atoms with E-state index in [-0.39, 0.29) is 28.4 Å². The molecule has 0 radical (unpaired) electrons. The summed E-state index contributed by atoms with van der Waals surface area (Å²) in [7, 11) is 1.33. The molecule has 230 valence electrons. The van der Waals surface area contributed by atoms with Gasteiger partial charge in [0.25, 0.3) is 0 Å². The zero-order valence-electron chi connectivity index (χ0n) is 24.8. The summed E-state index contributed by atoms with van der Waals surface area (Å²) in [6.07, 6.45) is 3.32. The van der Waals surface area contributed by atoms with E-state index in [1.165, 1.54) is 23.2 Å². The Balaban J connectivity index is 1.08. The van der Waals surface area contributed by atoms with E-state index in [0.29, 0.717) is 33.3 Å². The average Bonchev–Trinajstić information content (AvgIpc) is 3.71. The van der Waals surface area contributed by atoms with Gasteiger partial charge in [-0.1, -0.05) is 68.0 Å². The van der Waals surface area contributed by atoms with Crippen LogP contribution in [0.25, 0.3) is 26.3 Å². The van der Waals surface area contributed by atoms with Gasteiger partial charge in [0.1, 0.15) is 17.2 Å². The topological polar surface area (TPSA) is 132 Å². The number of benzene rings is 3. The summed E-state index contributed by atoms with van der Waals surface area (Å²) in [5, 5.41) is 18.2. The van der Waals surface area contributed by atoms with Crippen LogP contribution in [0.1, 0.15) is 42.5 Å². The number of nitrogens with one attached hydrogen (secondary N) is 2. The standard InChI is InChI=1S/C32H29ClN6O5S/c1-32(2,3)28-22(21-6-5-7-23(33)27(21)40)16-39(36-28)37-30(42)34-15-18-8-10-19(11-9-18)44-20-12-13-25-26(14-20)45-31-35-24(17-38(25)31)29(41)43-4/h5-14,16-17,40H,15H2,1-4H3,(H2,34,37,42). The molecule has 3 aromatic heterocycles. The summed E-state index contributed by atoms with van der Waals surface area (Å²) in [6.45, 7) is 6.27. The molecule has 3 aromatic carbocycles. The number of aromatic hydroxyl groups is 1. The molecule has 3 heterocycles. The number of esters is 1. The Kier molecular flexibility index (Phi) is 7.85. The van der Waals surface area contributed by atoms with E-state index >= 15 is 0 Å². The summed E-state index contributed by atoms with van der Waals surface area (Å²) in [4.78, 5) is 30.9. The van der Waals surface area contributed by atoms with Crippen LogP contribution in [-0.4, -0.2) is 43.5 Å². The summed E-state index contributed by atoms with van der Waals surface area (Å²) < 4.78 is 13.6. The zero-order valence-corrected chi connectivity index (χ0v) is 26.4. The molecule has 13 heteroatoms. The lowest BCUT2D eigenvalue weighted by Crippen LogP contribution is -2.34. The van der Waals surface area contributed by atoms with Crippen molar-refractivity contribution in [1.82, 2.24) is 24.6 Å². The number of hydrogen-bond acceptors (Lipinski definition) is 8. The molecule has 0 aliphatic carbocycles. The fraction of sp³-hybridized carbons (Fsp3) is 0.188. The van der Waals surface area contributed by atoms with Crippen LogP contribution in [0.3, 0.4) is 0 Å². The first-order chi connectivity index (χ1) is 21.5. The largest absolute Gasteiger partial charge is 0.506 e. The van der Waals surface area contributed by atoms with Crippen molar-refractivity contribution in [2.24, 2.45) is 0 Å². The summed E-state index contributed by atoms with van der Waals surface area (Å²) >= 11 is 7.58. The van der Waals surface area contributed by atoms with Crippen molar-refractivity contribution in [1.29, 1.82) is 0 Å². The summed E-state index contributed by atoms with van der Waals surface area (Å²) in [6, 6.07) is 17.8. The molecule has 3 N–H and O–H groups in total. The Morgan fingerprint density at radius 1 is 1.02 bits per heavy atom. The maximum atomic E-state index is 12.7. The average molecular weight is 645 g/mol. The van der Waals surface area contributed by atoms with Crippen LogP contribution in [0.2, 0.25) is 5.02 Å². The number of carbonyl (C=O) groups is 2. The second kappa shape index (κ2) is 11.8. The van der Waals surface area contributed by atoms with Crippen LogP contribution in [0.5, 0.6) is 17.2 Å². The Bertz CT molecular complexity index is 2060. The van der Waals surface area contributed by atoms with Gasteiger partial charge in [0.2, 0.25) is 0 Å². The number of imidazole rings is 1. The minimum Gasteiger partial charge on any atom is -0.506 e. The van der Waals surface area contributed by atoms with Gasteiger partial charge in [-0.2, -0.15) is 9.89 Å². The second-order valence-electron chi connectivity index (χ2n) is 11.3. The number of halogens is 1. The number of hydrogen-bond donors (Lipinski definition) is 3. The predicted molar refractivity (Wildman–Crippen MR) is 173 cm³/mol. The molecule has 0 atom stereocenters. The van der Waals surface area contributed by atoms with Crippen molar-refractivity contribution >= 4 is 50.1 Å². The minimum absolute atomic E-state index is 0.0422. The van der Waals surface area contributed by atoms with Crippen LogP contribution >= 0.6 is 22.9 Å². The van der Waals surface area contributed by atoms with Gasteiger partial charge in [-0.05, 0) is 35.9 Å². The van der Waals surface area contributed by atoms with Gasteiger partial charge in [0.05, 0.1) is 34.2 Å². The van der Waals surface area contributed by atoms with E-state index in [4.69, 9.17) is 21.1 Å². The number of rotatable bonds is 7. The van der Waals surface area contributed by atoms with Crippen LogP contribution in [0.15, 0.2) is 73.1 Å². The number of para-hydroxylation sites is 1. The number of urea groups is 1. The van der Waals surface area contributed by atoms with Gasteiger partial charge in [-0.25, -0.2) is 20.0 Å². The third-order valence-electron chi connectivity index (χ3n) is 6.99. The van der Waals surface area contributed by atoms with E-state index in [2.05, 4.69) is 20.8 Å². The molecule has 11 nitrogen and oxygen atoms in total. The van der Waals surface area contributed by atoms with Gasteiger partial charge in [0, 0.05) is 35.3 Å². The Hall–Kier alpha value is -5.07. The molecular formula is C32H29ClN6O5S. The Labute approximate surface area is 267 Å². The molecule has 0 bridgehead atoms. The summed E-state index contributed by atoms with van der Waals surface area (Å²) in [5.74, 6) is 0.778. The number of thiazole rings is 1. The highest BCUT2D eigenvalue weighted by Gasteiger charge is 2.26. The number of carbonyl (C=O) groups excluding carboxylic acids is 2. The van der Waals surface area contributed by atoms with E-state index in [0.717, 1.165) is 15.8 Å². The van der Waals surface area contributed by atoms with Crippen molar-refractivity contribution in [3.05, 3.63) is 95.0 Å². The first-order valence-corrected chi connectivity index (χ1v) is 15.1. The number of phenolic OH excluding ortho intramolecular Hbond substituents is 1. The van der Waals surface area contributed by atoms with Gasteiger partial charge in [-0.3, -0.25) is 4.40 Å². The third-order valence-corrected chi connectivity index (χ3v) is 8.31. The normalized spacial score (nSPS) is 11.6. The van der Waals surface area contributed by atoms with Gasteiger partial charge in [-0.15, -0.1) is 0 Å². The van der Waals surface area contributed by atoms with E-state index in [1.54, 1.807) is 30.6 Å². The first-order valence-electron chi connectivity index (χ1n) is 13.9. The van der Waals surface area contributed by atoms with Crippen molar-refractivity contribution in [2.75, 3.05) is 12.5 Å². The van der Waals surface area contributed by atoms with Gasteiger partial charge >= 0.3 is 12.0 Å². The van der Waals surface area contributed by atoms with Gasteiger partial charge in [0.15, 0.2) is 10.7 Å². The zero-order chi connectivity index (χ0) is 31.9. The van der Waals surface area contributed by atoms with Crippen LogP contribution in [0.4, 0.5) is 4.79 Å². The number of fused-ring (bicyclic) bond motifs is 3. The molecule has 0 unspecified atom stereocenters. The number of aromatic nitrogens is 4. The molecular weight excluding hydrogens is 616 g/mol. The van der Waals surface area contributed by atoms with Crippen molar-refractivity contribution in [3.8, 4) is 28.4 Å². The third kappa shape index (κ3) is 6.15. The maximum absolute atomic E-state index is 12.7. The smallest absolute Gasteiger partial charge is 0.358 e. The lowest BCUT2D eigenvalue weighted by molar-refractivity contribution is 0.0595. The summed E-state index contributed by atoms with van der Waals surface area (Å²) in [5.41, 5.74) is 6.28. The fourth-order valence-corrected chi connectivity index (χ4v) is 6.01. The quantitative estimate of drug-likeness (QED) is 0.158. The Morgan fingerprint density at radius 2 is 1.78 bits per heavy atom. The van der Waals surface area contributed by atoms with Gasteiger partial charge < -0.3 is 19.9 Å². The van der Waals surface area contributed by atoms with Crippen LogP contribution in [-0.2, 0) is 16.7 Å². The minimum atomic E-state index is -0.476. The molecule has 0 aliphatic rings. The number of nitrogens with zero attached hydrogens (tertiary/aromatic N) is 4. The van der Waals surface area contributed by atoms with E-state index in [9.17, 15) is 14.7 Å².